The van der Waals surface area contributed by atoms with Crippen molar-refractivity contribution in [2.45, 2.75) is 4.90 Å². The molecule has 0 atom stereocenters. The van der Waals surface area contributed by atoms with Crippen molar-refractivity contribution in [2.24, 2.45) is 0 Å². The second-order valence-electron chi connectivity index (χ2n) is 6.36. The molecule has 0 aliphatic carbocycles. The summed E-state index contributed by atoms with van der Waals surface area (Å²) in [5, 5.41) is 0. The number of hydrogen-bond donors (Lipinski definition) is 0. The van der Waals surface area contributed by atoms with Crippen LogP contribution in [0.5, 0.6) is 17.2 Å². The molecule has 0 aliphatic heterocycles. The molecule has 3 rings (SSSR count). The molecule has 0 spiro atoms. The molecule has 3 aromatic rings. The molecule has 0 heterocycles. The topological polar surface area (TPSA) is 55.8 Å². The van der Waals surface area contributed by atoms with Gasteiger partial charge >= 0.3 is 0 Å². The zero-order chi connectivity index (χ0) is 24.3. The first-order valence-corrected chi connectivity index (χ1v) is 10.5. The zero-order valence-corrected chi connectivity index (χ0v) is 17.6. The highest BCUT2D eigenvalue weighted by atomic mass is 32.2. The van der Waals surface area contributed by atoms with Crippen molar-refractivity contribution >= 4 is 15.7 Å². The van der Waals surface area contributed by atoms with Gasteiger partial charge in [-0.25, -0.2) is 26.0 Å². The minimum absolute atomic E-state index is 0.197. The van der Waals surface area contributed by atoms with E-state index < -0.39 is 62.0 Å². The molecule has 0 fully saturated rings. The second-order valence-corrected chi connectivity index (χ2v) is 8.16. The van der Waals surface area contributed by atoms with Gasteiger partial charge in [0.15, 0.2) is 33.8 Å². The van der Waals surface area contributed by atoms with Crippen LogP contribution in [-0.4, -0.2) is 22.1 Å². The number of methoxy groups -OCH3 is 1. The first-order chi connectivity index (χ1) is 15.6. The number of ether oxygens (including phenoxy) is 2. The number of anilines is 1. The van der Waals surface area contributed by atoms with Crippen LogP contribution in [0.1, 0.15) is 0 Å². The minimum Gasteiger partial charge on any atom is -0.494 e. The molecular weight excluding hydrogens is 469 g/mol. The number of sulfonamides is 1. The fourth-order valence-electron chi connectivity index (χ4n) is 2.84. The van der Waals surface area contributed by atoms with Gasteiger partial charge in [-0.1, -0.05) is 24.1 Å². The minimum atomic E-state index is -5.26. The van der Waals surface area contributed by atoms with Crippen molar-refractivity contribution in [1.29, 1.82) is 0 Å². The van der Waals surface area contributed by atoms with E-state index in [0.717, 1.165) is 12.1 Å². The van der Waals surface area contributed by atoms with E-state index in [2.05, 4.69) is 0 Å². The van der Waals surface area contributed by atoms with Crippen LogP contribution >= 0.6 is 0 Å². The Morgan fingerprint density at radius 2 is 1.58 bits per heavy atom. The Morgan fingerprint density at radius 3 is 2.15 bits per heavy atom. The molecule has 0 bridgehead atoms. The van der Waals surface area contributed by atoms with Crippen LogP contribution in [0.4, 0.5) is 27.6 Å². The van der Waals surface area contributed by atoms with Crippen LogP contribution in [-0.2, 0) is 10.0 Å². The van der Waals surface area contributed by atoms with E-state index in [-0.39, 0.29) is 11.5 Å². The normalized spacial score (nSPS) is 11.1. The molecular formula is C22H14F5NO4S. The summed E-state index contributed by atoms with van der Waals surface area (Å²) in [4.78, 5) is -1.66. The number of nitrogens with zero attached hydrogens (tertiary/aromatic N) is 1. The quantitative estimate of drug-likeness (QED) is 0.205. The van der Waals surface area contributed by atoms with Gasteiger partial charge in [-0.15, -0.1) is 6.42 Å². The summed E-state index contributed by atoms with van der Waals surface area (Å²) < 4.78 is 108. The molecule has 0 N–H and O–H groups in total. The monoisotopic (exact) mass is 483 g/mol. The summed E-state index contributed by atoms with van der Waals surface area (Å²) in [7, 11) is -4.09. The van der Waals surface area contributed by atoms with E-state index in [0.29, 0.717) is 10.4 Å². The standard InChI is InChI=1S/C22H14F5NO4S/c1-3-11-28(13-9-10-16(31-2)15(23)12-13)33(29,30)22-20(27)18(25)17(24)19(26)21(22)32-14-7-5-4-6-8-14/h1,4-10,12H,11H2,2H3. The van der Waals surface area contributed by atoms with Gasteiger partial charge in [-0.05, 0) is 24.3 Å². The summed E-state index contributed by atoms with van der Waals surface area (Å²) in [6.07, 6.45) is 5.21. The Bertz CT molecular complexity index is 1340. The van der Waals surface area contributed by atoms with Crippen molar-refractivity contribution in [3.63, 3.8) is 0 Å². The van der Waals surface area contributed by atoms with E-state index in [1.807, 2.05) is 5.92 Å². The number of rotatable bonds is 7. The summed E-state index contributed by atoms with van der Waals surface area (Å²) in [5.74, 6) is -9.87. The lowest BCUT2D eigenvalue weighted by Crippen LogP contribution is -2.33. The third kappa shape index (κ3) is 4.42. The predicted octanol–water partition coefficient (Wildman–Crippen LogP) is 5.01. The maximum absolute atomic E-state index is 14.8. The number of benzene rings is 3. The number of para-hydroxylation sites is 1. The second kappa shape index (κ2) is 9.38. The first kappa shape index (κ1) is 23.9. The van der Waals surface area contributed by atoms with Crippen molar-refractivity contribution in [2.75, 3.05) is 18.0 Å². The van der Waals surface area contributed by atoms with Gasteiger partial charge in [0, 0.05) is 6.07 Å². The average Bonchev–Trinajstić information content (AvgIpc) is 2.80. The smallest absolute Gasteiger partial charge is 0.272 e. The maximum atomic E-state index is 14.8. The zero-order valence-electron chi connectivity index (χ0n) is 16.8. The lowest BCUT2D eigenvalue weighted by atomic mass is 10.2. The van der Waals surface area contributed by atoms with Gasteiger partial charge in [-0.2, -0.15) is 4.39 Å². The summed E-state index contributed by atoms with van der Waals surface area (Å²) in [5.41, 5.74) is -0.415. The fourth-order valence-corrected chi connectivity index (χ4v) is 4.38. The van der Waals surface area contributed by atoms with Gasteiger partial charge in [0.2, 0.25) is 11.6 Å². The molecule has 172 valence electrons. The third-order valence-electron chi connectivity index (χ3n) is 4.35. The Kier molecular flexibility index (Phi) is 6.78. The van der Waals surface area contributed by atoms with Gasteiger partial charge in [-0.3, -0.25) is 4.31 Å². The summed E-state index contributed by atoms with van der Waals surface area (Å²) >= 11 is 0. The van der Waals surface area contributed by atoms with Crippen LogP contribution < -0.4 is 13.8 Å². The SMILES string of the molecule is C#CCN(c1ccc(OC)c(F)c1)S(=O)(=O)c1c(F)c(F)c(F)c(F)c1Oc1ccccc1. The molecule has 3 aromatic carbocycles. The highest BCUT2D eigenvalue weighted by molar-refractivity contribution is 7.93. The highest BCUT2D eigenvalue weighted by Gasteiger charge is 2.38. The Hall–Kier alpha value is -3.78. The van der Waals surface area contributed by atoms with Crippen LogP contribution in [0, 0.1) is 41.4 Å². The summed E-state index contributed by atoms with van der Waals surface area (Å²) in [6.45, 7) is -0.793. The van der Waals surface area contributed by atoms with Gasteiger partial charge in [0.25, 0.3) is 10.0 Å². The predicted molar refractivity (Wildman–Crippen MR) is 109 cm³/mol. The van der Waals surface area contributed by atoms with Gasteiger partial charge in [0.1, 0.15) is 5.75 Å². The highest BCUT2D eigenvalue weighted by Crippen LogP contribution is 2.39. The Labute approximate surface area is 186 Å². The van der Waals surface area contributed by atoms with E-state index >= 15 is 0 Å². The molecule has 0 saturated carbocycles. The number of terminal acetylenes is 1. The van der Waals surface area contributed by atoms with Crippen molar-refractivity contribution in [1.82, 2.24) is 0 Å². The van der Waals surface area contributed by atoms with Crippen LogP contribution in [0.2, 0.25) is 0 Å². The molecule has 0 unspecified atom stereocenters. The molecule has 0 aromatic heterocycles. The molecule has 5 nitrogen and oxygen atoms in total. The molecule has 0 aliphatic rings. The lowest BCUT2D eigenvalue weighted by Gasteiger charge is -2.24. The van der Waals surface area contributed by atoms with E-state index in [9.17, 15) is 30.4 Å². The number of hydrogen-bond acceptors (Lipinski definition) is 4. The van der Waals surface area contributed by atoms with Crippen LogP contribution in [0.3, 0.4) is 0 Å². The molecule has 33 heavy (non-hydrogen) atoms. The van der Waals surface area contributed by atoms with Crippen LogP contribution in [0.25, 0.3) is 0 Å². The Morgan fingerprint density at radius 1 is 0.939 bits per heavy atom. The maximum Gasteiger partial charge on any atom is 0.272 e. The number of halogens is 5. The molecule has 11 heteroatoms. The fraction of sp³-hybridized carbons (Fsp3) is 0.0909. The molecule has 0 saturated heterocycles. The van der Waals surface area contributed by atoms with E-state index in [1.165, 1.54) is 31.4 Å². The first-order valence-electron chi connectivity index (χ1n) is 9.02. The lowest BCUT2D eigenvalue weighted by molar-refractivity contribution is 0.352. The van der Waals surface area contributed by atoms with Gasteiger partial charge in [0.05, 0.1) is 19.3 Å². The Balaban J connectivity index is 2.28. The largest absolute Gasteiger partial charge is 0.494 e. The van der Waals surface area contributed by atoms with Gasteiger partial charge < -0.3 is 9.47 Å². The van der Waals surface area contributed by atoms with Crippen LogP contribution in [0.15, 0.2) is 53.4 Å². The average molecular weight is 483 g/mol. The third-order valence-corrected chi connectivity index (χ3v) is 6.15. The molecule has 0 amide bonds. The molecule has 0 radical (unpaired) electrons. The van der Waals surface area contributed by atoms with Crippen molar-refractivity contribution in [3.8, 4) is 29.6 Å². The van der Waals surface area contributed by atoms with E-state index in [1.54, 1.807) is 6.07 Å². The van der Waals surface area contributed by atoms with E-state index in [4.69, 9.17) is 15.9 Å². The summed E-state index contributed by atoms with van der Waals surface area (Å²) in [6, 6.07) is 9.71. The van der Waals surface area contributed by atoms with Crippen molar-refractivity contribution < 1.29 is 39.8 Å². The van der Waals surface area contributed by atoms with Crippen molar-refractivity contribution in [3.05, 3.63) is 77.6 Å².